The summed E-state index contributed by atoms with van der Waals surface area (Å²) >= 11 is 11.6. The number of anilines is 1. The summed E-state index contributed by atoms with van der Waals surface area (Å²) in [4.78, 5) is 11.9. The van der Waals surface area contributed by atoms with Gasteiger partial charge >= 0.3 is 6.03 Å². The van der Waals surface area contributed by atoms with Gasteiger partial charge < -0.3 is 15.7 Å². The third-order valence-corrected chi connectivity index (χ3v) is 3.56. The predicted molar refractivity (Wildman–Crippen MR) is 89.6 cm³/mol. The Kier molecular flexibility index (Phi) is 6.07. The van der Waals surface area contributed by atoms with Crippen LogP contribution >= 0.6 is 23.2 Å². The highest BCUT2D eigenvalue weighted by molar-refractivity contribution is 6.30. The molecule has 0 fully saturated rings. The van der Waals surface area contributed by atoms with Crippen LogP contribution < -0.4 is 10.6 Å². The second kappa shape index (κ2) is 8.03. The molecule has 0 radical (unpaired) electrons. The summed E-state index contributed by atoms with van der Waals surface area (Å²) in [7, 11) is 0. The van der Waals surface area contributed by atoms with E-state index in [0.29, 0.717) is 22.2 Å². The second-order valence-corrected chi connectivity index (χ2v) is 5.69. The van der Waals surface area contributed by atoms with Gasteiger partial charge in [0, 0.05) is 15.7 Å². The van der Waals surface area contributed by atoms with E-state index in [1.54, 1.807) is 36.4 Å². The molecule has 0 aliphatic rings. The molecule has 0 saturated carbocycles. The number of urea groups is 1. The Hall–Kier alpha value is -1.75. The van der Waals surface area contributed by atoms with Gasteiger partial charge in [-0.15, -0.1) is 0 Å². The molecule has 0 aromatic heterocycles. The zero-order valence-electron chi connectivity index (χ0n) is 11.7. The quantitative estimate of drug-likeness (QED) is 0.778. The first-order valence-electron chi connectivity index (χ1n) is 6.75. The van der Waals surface area contributed by atoms with E-state index >= 15 is 0 Å². The minimum atomic E-state index is -0.381. The Labute approximate surface area is 139 Å². The summed E-state index contributed by atoms with van der Waals surface area (Å²) < 4.78 is 0. The zero-order valence-corrected chi connectivity index (χ0v) is 13.2. The van der Waals surface area contributed by atoms with E-state index in [1.165, 1.54) is 0 Å². The van der Waals surface area contributed by atoms with Gasteiger partial charge in [0.15, 0.2) is 0 Å². The van der Waals surface area contributed by atoms with Crippen LogP contribution in [-0.2, 0) is 6.42 Å². The SMILES string of the molecule is O=C(Nc1ccc(Cl)cc1)NC(CO)Cc1ccc(Cl)cc1. The van der Waals surface area contributed by atoms with Crippen LogP contribution in [0.2, 0.25) is 10.0 Å². The van der Waals surface area contributed by atoms with Gasteiger partial charge in [0.05, 0.1) is 12.6 Å². The molecule has 6 heteroatoms. The van der Waals surface area contributed by atoms with E-state index in [4.69, 9.17) is 23.2 Å². The maximum Gasteiger partial charge on any atom is 0.319 e. The fourth-order valence-electron chi connectivity index (χ4n) is 1.95. The summed E-state index contributed by atoms with van der Waals surface area (Å²) in [6.07, 6.45) is 0.516. The Morgan fingerprint density at radius 2 is 1.55 bits per heavy atom. The van der Waals surface area contributed by atoms with Crippen molar-refractivity contribution in [2.24, 2.45) is 0 Å². The molecule has 0 bridgehead atoms. The summed E-state index contributed by atoms with van der Waals surface area (Å²) in [5, 5.41) is 16.1. The number of halogens is 2. The fourth-order valence-corrected chi connectivity index (χ4v) is 2.20. The number of amides is 2. The molecule has 0 aliphatic heterocycles. The first-order valence-corrected chi connectivity index (χ1v) is 7.51. The Bertz CT molecular complexity index is 615. The van der Waals surface area contributed by atoms with Crippen molar-refractivity contribution in [3.8, 4) is 0 Å². The van der Waals surface area contributed by atoms with Gasteiger partial charge in [0.2, 0.25) is 0 Å². The normalized spacial score (nSPS) is 11.8. The largest absolute Gasteiger partial charge is 0.394 e. The number of benzene rings is 2. The van der Waals surface area contributed by atoms with Crippen LogP contribution in [0.5, 0.6) is 0 Å². The Morgan fingerprint density at radius 1 is 1.00 bits per heavy atom. The molecule has 22 heavy (non-hydrogen) atoms. The lowest BCUT2D eigenvalue weighted by Crippen LogP contribution is -2.41. The maximum absolute atomic E-state index is 11.9. The number of carbonyl (C=O) groups excluding carboxylic acids is 1. The van der Waals surface area contributed by atoms with Crippen molar-refractivity contribution in [3.63, 3.8) is 0 Å². The van der Waals surface area contributed by atoms with E-state index in [-0.39, 0.29) is 18.7 Å². The number of carbonyl (C=O) groups is 1. The minimum Gasteiger partial charge on any atom is -0.394 e. The fraction of sp³-hybridized carbons (Fsp3) is 0.188. The maximum atomic E-state index is 11.9. The number of nitrogens with one attached hydrogen (secondary N) is 2. The van der Waals surface area contributed by atoms with Crippen LogP contribution in [0.3, 0.4) is 0 Å². The molecule has 2 rings (SSSR count). The van der Waals surface area contributed by atoms with Crippen molar-refractivity contribution in [3.05, 3.63) is 64.1 Å². The summed E-state index contributed by atoms with van der Waals surface area (Å²) in [5.74, 6) is 0. The van der Waals surface area contributed by atoms with Crippen LogP contribution in [0.1, 0.15) is 5.56 Å². The number of hydrogen-bond donors (Lipinski definition) is 3. The van der Waals surface area contributed by atoms with Crippen LogP contribution in [0.25, 0.3) is 0 Å². The zero-order chi connectivity index (χ0) is 15.9. The molecule has 0 spiro atoms. The van der Waals surface area contributed by atoms with Gasteiger partial charge in [-0.2, -0.15) is 0 Å². The number of hydrogen-bond acceptors (Lipinski definition) is 2. The van der Waals surface area contributed by atoms with E-state index < -0.39 is 0 Å². The Balaban J connectivity index is 1.90. The summed E-state index contributed by atoms with van der Waals surface area (Å²) in [5.41, 5.74) is 1.61. The first-order chi connectivity index (χ1) is 10.6. The van der Waals surface area contributed by atoms with Crippen LogP contribution in [-0.4, -0.2) is 23.8 Å². The van der Waals surface area contributed by atoms with Crippen molar-refractivity contribution in [1.82, 2.24) is 5.32 Å². The molecule has 1 unspecified atom stereocenters. The second-order valence-electron chi connectivity index (χ2n) is 4.82. The number of aliphatic hydroxyl groups excluding tert-OH is 1. The highest BCUT2D eigenvalue weighted by Gasteiger charge is 2.12. The lowest BCUT2D eigenvalue weighted by atomic mass is 10.1. The smallest absolute Gasteiger partial charge is 0.319 e. The van der Waals surface area contributed by atoms with E-state index in [9.17, 15) is 9.90 Å². The molecule has 0 aliphatic carbocycles. The molecule has 1 atom stereocenters. The topological polar surface area (TPSA) is 61.4 Å². The number of rotatable bonds is 5. The molecule has 116 valence electrons. The summed E-state index contributed by atoms with van der Waals surface area (Å²) in [6.45, 7) is -0.156. The van der Waals surface area contributed by atoms with Crippen LogP contribution in [0.4, 0.5) is 10.5 Å². The predicted octanol–water partition coefficient (Wildman–Crippen LogP) is 3.72. The lowest BCUT2D eigenvalue weighted by Gasteiger charge is -2.17. The molecule has 2 amide bonds. The van der Waals surface area contributed by atoms with Gasteiger partial charge in [0.1, 0.15) is 0 Å². The molecule has 2 aromatic carbocycles. The molecular weight excluding hydrogens is 323 g/mol. The van der Waals surface area contributed by atoms with Crippen molar-refractivity contribution in [2.75, 3.05) is 11.9 Å². The summed E-state index contributed by atoms with van der Waals surface area (Å²) in [6, 6.07) is 13.3. The van der Waals surface area contributed by atoms with Gasteiger partial charge in [0.25, 0.3) is 0 Å². The molecule has 0 saturated heterocycles. The first kappa shape index (κ1) is 16.6. The molecule has 4 nitrogen and oxygen atoms in total. The van der Waals surface area contributed by atoms with E-state index in [2.05, 4.69) is 10.6 Å². The van der Waals surface area contributed by atoms with Gasteiger partial charge in [-0.05, 0) is 48.4 Å². The van der Waals surface area contributed by atoms with Crippen LogP contribution in [0, 0.1) is 0 Å². The van der Waals surface area contributed by atoms with Crippen molar-refractivity contribution < 1.29 is 9.90 Å². The van der Waals surface area contributed by atoms with E-state index in [0.717, 1.165) is 5.56 Å². The molecule has 0 heterocycles. The molecule has 2 aromatic rings. The van der Waals surface area contributed by atoms with Crippen molar-refractivity contribution in [1.29, 1.82) is 0 Å². The molecule has 3 N–H and O–H groups in total. The standard InChI is InChI=1S/C16H16Cl2N2O2/c17-12-3-1-11(2-4-12)9-15(10-21)20-16(22)19-14-7-5-13(18)6-8-14/h1-8,15,21H,9-10H2,(H2,19,20,22). The monoisotopic (exact) mass is 338 g/mol. The van der Waals surface area contributed by atoms with Gasteiger partial charge in [-0.25, -0.2) is 4.79 Å². The average molecular weight is 339 g/mol. The average Bonchev–Trinajstić information content (AvgIpc) is 2.51. The van der Waals surface area contributed by atoms with Gasteiger partial charge in [-0.3, -0.25) is 0 Å². The third kappa shape index (κ3) is 5.22. The van der Waals surface area contributed by atoms with Crippen LogP contribution in [0.15, 0.2) is 48.5 Å². The molecular formula is C16H16Cl2N2O2. The van der Waals surface area contributed by atoms with E-state index in [1.807, 2.05) is 12.1 Å². The highest BCUT2D eigenvalue weighted by atomic mass is 35.5. The minimum absolute atomic E-state index is 0.156. The lowest BCUT2D eigenvalue weighted by molar-refractivity contribution is 0.224. The van der Waals surface area contributed by atoms with Crippen molar-refractivity contribution in [2.45, 2.75) is 12.5 Å². The Morgan fingerprint density at radius 3 is 2.09 bits per heavy atom. The van der Waals surface area contributed by atoms with Gasteiger partial charge in [-0.1, -0.05) is 35.3 Å². The number of aliphatic hydroxyl groups is 1. The highest BCUT2D eigenvalue weighted by Crippen LogP contribution is 2.14. The third-order valence-electron chi connectivity index (χ3n) is 3.05. The van der Waals surface area contributed by atoms with Crippen molar-refractivity contribution >= 4 is 34.9 Å².